The predicted molar refractivity (Wildman–Crippen MR) is 80.0 cm³/mol. The van der Waals surface area contributed by atoms with Gasteiger partial charge in [-0.05, 0) is 33.8 Å². The van der Waals surface area contributed by atoms with Gasteiger partial charge in [0.2, 0.25) is 0 Å². The first-order valence-corrected chi connectivity index (χ1v) is 7.54. The molecule has 0 aromatic carbocycles. The Labute approximate surface area is 126 Å². The van der Waals surface area contributed by atoms with Gasteiger partial charge in [0.25, 0.3) is 0 Å². The Kier molecular flexibility index (Phi) is 3.97. The first kappa shape index (κ1) is 15.8. The molecule has 1 aliphatic rings. The molecule has 0 aliphatic carbocycles. The number of pyridine rings is 1. The topological polar surface area (TPSA) is 53.1 Å². The number of hydroxylamine groups is 3. The number of hydrogen-bond acceptors (Lipinski definition) is 2. The quantitative estimate of drug-likeness (QED) is 0.631. The summed E-state index contributed by atoms with van der Waals surface area (Å²) in [6.45, 7) is 10.3. The van der Waals surface area contributed by atoms with Crippen LogP contribution >= 0.6 is 0 Å². The molecule has 0 spiro atoms. The molecular weight excluding hydrogens is 266 g/mol. The summed E-state index contributed by atoms with van der Waals surface area (Å²) < 4.78 is 2.89. The van der Waals surface area contributed by atoms with Gasteiger partial charge in [0.15, 0.2) is 17.9 Å². The summed E-state index contributed by atoms with van der Waals surface area (Å²) in [5.41, 5.74) is -0.861. The van der Waals surface area contributed by atoms with Crippen molar-refractivity contribution in [2.45, 2.75) is 65.1 Å². The van der Waals surface area contributed by atoms with Crippen LogP contribution in [0.3, 0.4) is 0 Å². The number of hydrogen-bond donors (Lipinski definition) is 0. The van der Waals surface area contributed by atoms with E-state index < -0.39 is 11.1 Å². The predicted octanol–water partition coefficient (Wildman–Crippen LogP) is 2.25. The fourth-order valence-corrected chi connectivity index (χ4v) is 2.48. The molecular formula is C16H25N3O2+. The third-order valence-electron chi connectivity index (χ3n) is 4.78. The standard InChI is InChI=1S/C16H25N3O2/c1-6-7-10-17-11-8-9-13(12-17)14-18(20)15(2,3)16(4,5)19(14)21/h8-9,11-12H,6-7,10H2,1-5H3/q+1. The summed E-state index contributed by atoms with van der Waals surface area (Å²) in [4.78, 5) is 0. The number of nitrogens with zero attached hydrogens (tertiary/aromatic N) is 3. The van der Waals surface area contributed by atoms with Crippen molar-refractivity contribution in [1.82, 2.24) is 5.06 Å². The highest BCUT2D eigenvalue weighted by molar-refractivity contribution is 5.95. The molecule has 5 heteroatoms. The first-order chi connectivity index (χ1) is 9.73. The van der Waals surface area contributed by atoms with E-state index in [-0.39, 0.29) is 5.84 Å². The van der Waals surface area contributed by atoms with Gasteiger partial charge < -0.3 is 5.21 Å². The van der Waals surface area contributed by atoms with Crippen molar-refractivity contribution >= 4 is 5.84 Å². The molecule has 0 saturated heterocycles. The average Bonchev–Trinajstić information content (AvgIpc) is 2.55. The summed E-state index contributed by atoms with van der Waals surface area (Å²) >= 11 is 0. The molecule has 0 unspecified atom stereocenters. The Morgan fingerprint density at radius 1 is 1.29 bits per heavy atom. The minimum atomic E-state index is -0.770. The van der Waals surface area contributed by atoms with Gasteiger partial charge in [-0.2, -0.15) is 0 Å². The smallest absolute Gasteiger partial charge is 0.322 e. The molecule has 2 rings (SSSR count). The van der Waals surface area contributed by atoms with Gasteiger partial charge in [0.05, 0.1) is 0 Å². The van der Waals surface area contributed by atoms with E-state index in [2.05, 4.69) is 6.92 Å². The second-order valence-corrected chi connectivity index (χ2v) is 6.71. The molecule has 115 valence electrons. The van der Waals surface area contributed by atoms with E-state index in [1.54, 1.807) is 0 Å². The Balaban J connectivity index is 2.44. The van der Waals surface area contributed by atoms with E-state index in [1.807, 2.05) is 56.8 Å². The van der Waals surface area contributed by atoms with Crippen LogP contribution in [0.15, 0.2) is 24.5 Å². The zero-order valence-corrected chi connectivity index (χ0v) is 13.6. The normalized spacial score (nSPS) is 20.2. The van der Waals surface area contributed by atoms with Crippen molar-refractivity contribution in [1.29, 1.82) is 0 Å². The van der Waals surface area contributed by atoms with E-state index in [0.717, 1.165) is 29.2 Å². The molecule has 0 fully saturated rings. The van der Waals surface area contributed by atoms with Gasteiger partial charge in [0, 0.05) is 17.7 Å². The highest BCUT2D eigenvalue weighted by atomic mass is 16.5. The van der Waals surface area contributed by atoms with Crippen LogP contribution in [0.1, 0.15) is 53.0 Å². The Hall–Kier alpha value is -1.62. The number of unbranched alkanes of at least 4 members (excludes halogenated alkanes) is 1. The molecule has 0 atom stereocenters. The largest absolute Gasteiger partial charge is 0.714 e. The number of amidine groups is 1. The van der Waals surface area contributed by atoms with E-state index in [1.165, 1.54) is 0 Å². The van der Waals surface area contributed by atoms with Crippen molar-refractivity contribution in [3.8, 4) is 0 Å². The van der Waals surface area contributed by atoms with Gasteiger partial charge in [-0.1, -0.05) is 18.4 Å². The summed E-state index contributed by atoms with van der Waals surface area (Å²) in [5.74, 6) is 0.204. The van der Waals surface area contributed by atoms with Crippen molar-refractivity contribution in [3.63, 3.8) is 0 Å². The van der Waals surface area contributed by atoms with Crippen LogP contribution in [0.5, 0.6) is 0 Å². The van der Waals surface area contributed by atoms with Crippen molar-refractivity contribution < 1.29 is 14.5 Å². The lowest BCUT2D eigenvalue weighted by atomic mass is 9.84. The molecule has 1 radical (unpaired) electrons. The number of aryl methyl sites for hydroxylation is 1. The maximum absolute atomic E-state index is 12.6. The molecule has 5 nitrogen and oxygen atoms in total. The summed E-state index contributed by atoms with van der Waals surface area (Å²) in [5, 5.41) is 26.1. The number of rotatable bonds is 4. The lowest BCUT2D eigenvalue weighted by Crippen LogP contribution is -2.53. The summed E-state index contributed by atoms with van der Waals surface area (Å²) in [7, 11) is 0. The van der Waals surface area contributed by atoms with Crippen LogP contribution in [0.2, 0.25) is 0 Å². The third kappa shape index (κ3) is 2.39. The Bertz CT molecular complexity index is 564. The fraction of sp³-hybridized carbons (Fsp3) is 0.625. The minimum Gasteiger partial charge on any atom is -0.714 e. The molecule has 0 N–H and O–H groups in total. The van der Waals surface area contributed by atoms with Gasteiger partial charge in [-0.3, -0.25) is 4.74 Å². The Morgan fingerprint density at radius 2 is 1.95 bits per heavy atom. The maximum atomic E-state index is 12.6. The third-order valence-corrected chi connectivity index (χ3v) is 4.78. The SMILES string of the molecule is CCCC[n+]1cccc(C2=[N+]([O-])C(C)(C)C(C)(C)N2[O])c1. The minimum absolute atomic E-state index is 0.204. The van der Waals surface area contributed by atoms with E-state index in [4.69, 9.17) is 0 Å². The first-order valence-electron chi connectivity index (χ1n) is 7.54. The van der Waals surface area contributed by atoms with Gasteiger partial charge in [0.1, 0.15) is 17.6 Å². The van der Waals surface area contributed by atoms with Crippen LogP contribution in [0.25, 0.3) is 0 Å². The maximum Gasteiger partial charge on any atom is 0.322 e. The van der Waals surface area contributed by atoms with Crippen LogP contribution in [0.4, 0.5) is 0 Å². The molecule has 1 aromatic rings. The summed E-state index contributed by atoms with van der Waals surface area (Å²) in [6.07, 6.45) is 6.03. The summed E-state index contributed by atoms with van der Waals surface area (Å²) in [6, 6.07) is 3.71. The van der Waals surface area contributed by atoms with Gasteiger partial charge in [-0.15, -0.1) is 0 Å². The van der Waals surface area contributed by atoms with Crippen molar-refractivity contribution in [2.75, 3.05) is 0 Å². The van der Waals surface area contributed by atoms with Crippen LogP contribution in [-0.4, -0.2) is 26.7 Å². The van der Waals surface area contributed by atoms with Crippen LogP contribution < -0.4 is 4.57 Å². The molecule has 1 aromatic heterocycles. The number of aromatic nitrogens is 1. The van der Waals surface area contributed by atoms with Crippen LogP contribution in [0, 0.1) is 5.21 Å². The van der Waals surface area contributed by atoms with Crippen LogP contribution in [-0.2, 0) is 11.8 Å². The van der Waals surface area contributed by atoms with E-state index in [0.29, 0.717) is 5.56 Å². The highest BCUT2D eigenvalue weighted by Gasteiger charge is 2.60. The highest BCUT2D eigenvalue weighted by Crippen LogP contribution is 2.37. The van der Waals surface area contributed by atoms with Gasteiger partial charge in [-0.25, -0.2) is 4.57 Å². The van der Waals surface area contributed by atoms with Gasteiger partial charge >= 0.3 is 5.84 Å². The molecule has 2 heterocycles. The molecule has 1 aliphatic heterocycles. The lowest BCUT2D eigenvalue weighted by Gasteiger charge is -2.32. The second-order valence-electron chi connectivity index (χ2n) is 6.71. The zero-order valence-electron chi connectivity index (χ0n) is 13.6. The van der Waals surface area contributed by atoms with E-state index in [9.17, 15) is 10.4 Å². The molecule has 0 saturated carbocycles. The van der Waals surface area contributed by atoms with Crippen molar-refractivity contribution in [2.24, 2.45) is 0 Å². The fourth-order valence-electron chi connectivity index (χ4n) is 2.48. The Morgan fingerprint density at radius 3 is 2.48 bits per heavy atom. The average molecular weight is 291 g/mol. The second kappa shape index (κ2) is 5.30. The monoisotopic (exact) mass is 291 g/mol. The lowest BCUT2D eigenvalue weighted by molar-refractivity contribution is -0.697. The van der Waals surface area contributed by atoms with E-state index >= 15 is 0 Å². The molecule has 21 heavy (non-hydrogen) atoms. The molecule has 0 amide bonds. The molecule has 0 bridgehead atoms. The van der Waals surface area contributed by atoms with Crippen molar-refractivity contribution in [3.05, 3.63) is 35.3 Å². The zero-order chi connectivity index (χ0) is 15.8.